The van der Waals surface area contributed by atoms with Crippen LogP contribution in [0.2, 0.25) is 0 Å². The molecule has 4 aliphatic rings. The van der Waals surface area contributed by atoms with Crippen LogP contribution in [0.3, 0.4) is 0 Å². The van der Waals surface area contributed by atoms with Crippen molar-refractivity contribution in [3.05, 3.63) is 54.1 Å². The number of benzene rings is 1. The van der Waals surface area contributed by atoms with E-state index < -0.39 is 17.8 Å². The number of nitrogens with zero attached hydrogens (tertiary/aromatic N) is 7. The number of rotatable bonds is 7. The van der Waals surface area contributed by atoms with Gasteiger partial charge in [-0.1, -0.05) is 12.6 Å². The van der Waals surface area contributed by atoms with E-state index in [1.807, 2.05) is 12.4 Å². The standard InChI is InChI=1S/C34H38FN7O2/c1-23(35)32(43)42-17-16-40(21-26(42)10-13-36)31-28-9-8-24(29-20-37-19-25-6-2-3-7-27(25)29)18-30(28)38-33(39-31)44-22-34-11-4-14-41(34)15-5-12-34/h8-9,18-20,26H,1-7,10-12,14-17,21-22H2/t26-/m0/s1. The highest BCUT2D eigenvalue weighted by Crippen LogP contribution is 2.40. The van der Waals surface area contributed by atoms with Gasteiger partial charge >= 0.3 is 6.01 Å². The molecule has 7 rings (SSSR count). The predicted octanol–water partition coefficient (Wildman–Crippen LogP) is 4.99. The van der Waals surface area contributed by atoms with E-state index in [-0.39, 0.29) is 18.5 Å². The van der Waals surface area contributed by atoms with Crippen molar-refractivity contribution in [2.45, 2.75) is 69.4 Å². The zero-order valence-corrected chi connectivity index (χ0v) is 25.1. The van der Waals surface area contributed by atoms with Gasteiger partial charge in [0.15, 0.2) is 5.83 Å². The maximum atomic E-state index is 13.8. The highest BCUT2D eigenvalue weighted by Gasteiger charge is 2.45. The predicted molar refractivity (Wildman–Crippen MR) is 166 cm³/mol. The third kappa shape index (κ3) is 5.17. The van der Waals surface area contributed by atoms with Crippen molar-refractivity contribution >= 4 is 22.6 Å². The number of nitriles is 1. The second-order valence-corrected chi connectivity index (χ2v) is 12.7. The third-order valence-electron chi connectivity index (χ3n) is 10.1. The lowest BCUT2D eigenvalue weighted by atomic mass is 9.87. The van der Waals surface area contributed by atoms with E-state index in [1.54, 1.807) is 0 Å². The molecule has 0 saturated carbocycles. The number of hydrogen-bond acceptors (Lipinski definition) is 8. The Kier molecular flexibility index (Phi) is 7.67. The molecule has 1 amide bonds. The van der Waals surface area contributed by atoms with Crippen LogP contribution >= 0.6 is 0 Å². The summed E-state index contributed by atoms with van der Waals surface area (Å²) in [5.41, 5.74) is 5.72. The SMILES string of the molecule is C=C(F)C(=O)N1CCN(c2nc(OCC34CCCN3CCC4)nc3cc(-c4cncc5c4CCCC5)ccc23)C[C@@H]1CC#N. The number of amides is 1. The molecule has 2 aromatic heterocycles. The minimum atomic E-state index is -1.01. The van der Waals surface area contributed by atoms with Gasteiger partial charge in [0.1, 0.15) is 12.4 Å². The lowest BCUT2D eigenvalue weighted by Crippen LogP contribution is -2.55. The normalized spacial score (nSPS) is 21.1. The molecule has 3 aliphatic heterocycles. The Labute approximate surface area is 257 Å². The smallest absolute Gasteiger partial charge is 0.319 e. The molecule has 3 fully saturated rings. The maximum absolute atomic E-state index is 13.8. The number of carbonyl (C=O) groups excluding carboxylic acids is 1. The number of fused-ring (bicyclic) bond motifs is 3. The van der Waals surface area contributed by atoms with Crippen molar-refractivity contribution in [1.29, 1.82) is 5.26 Å². The van der Waals surface area contributed by atoms with E-state index in [1.165, 1.54) is 41.7 Å². The van der Waals surface area contributed by atoms with Gasteiger partial charge in [-0.15, -0.1) is 0 Å². The van der Waals surface area contributed by atoms with Gasteiger partial charge < -0.3 is 14.5 Å². The number of aryl methyl sites for hydroxylation is 1. The summed E-state index contributed by atoms with van der Waals surface area (Å²) in [6.45, 7) is 6.99. The molecule has 5 heterocycles. The second-order valence-electron chi connectivity index (χ2n) is 12.7. The number of anilines is 1. The first kappa shape index (κ1) is 28.7. The Morgan fingerprint density at radius 3 is 2.70 bits per heavy atom. The van der Waals surface area contributed by atoms with Crippen LogP contribution in [0.25, 0.3) is 22.0 Å². The van der Waals surface area contributed by atoms with E-state index in [4.69, 9.17) is 14.7 Å². The fraction of sp³-hybridized carbons (Fsp3) is 0.500. The van der Waals surface area contributed by atoms with Crippen molar-refractivity contribution in [1.82, 2.24) is 24.8 Å². The molecule has 0 unspecified atom stereocenters. The molecular formula is C34H38FN7O2. The van der Waals surface area contributed by atoms with Gasteiger partial charge in [0.2, 0.25) is 0 Å². The number of piperazine rings is 1. The summed E-state index contributed by atoms with van der Waals surface area (Å²) >= 11 is 0. The first-order valence-corrected chi connectivity index (χ1v) is 15.9. The zero-order valence-electron chi connectivity index (χ0n) is 25.1. The Bertz CT molecular complexity index is 1640. The monoisotopic (exact) mass is 595 g/mol. The lowest BCUT2D eigenvalue weighted by Gasteiger charge is -2.41. The average molecular weight is 596 g/mol. The molecule has 1 aromatic carbocycles. The Hall–Kier alpha value is -4.10. The average Bonchev–Trinajstić information content (AvgIpc) is 3.63. The summed E-state index contributed by atoms with van der Waals surface area (Å²) in [5.74, 6) is -1.07. The fourth-order valence-corrected chi connectivity index (χ4v) is 7.88. The molecule has 228 valence electrons. The topological polar surface area (TPSA) is 98.5 Å². The van der Waals surface area contributed by atoms with Crippen molar-refractivity contribution in [2.24, 2.45) is 0 Å². The summed E-state index contributed by atoms with van der Waals surface area (Å²) in [5, 5.41) is 10.4. The molecular weight excluding hydrogens is 557 g/mol. The Balaban J connectivity index is 1.27. The van der Waals surface area contributed by atoms with E-state index in [0.717, 1.165) is 60.8 Å². The van der Waals surface area contributed by atoms with Crippen LogP contribution in [0.15, 0.2) is 43.0 Å². The first-order chi connectivity index (χ1) is 21.5. The quantitative estimate of drug-likeness (QED) is 0.353. The van der Waals surface area contributed by atoms with E-state index in [2.05, 4.69) is 45.6 Å². The summed E-state index contributed by atoms with van der Waals surface area (Å²) < 4.78 is 20.3. The first-order valence-electron chi connectivity index (χ1n) is 15.9. The number of aromatic nitrogens is 3. The second kappa shape index (κ2) is 11.8. The van der Waals surface area contributed by atoms with Crippen LogP contribution in [0.1, 0.15) is 56.1 Å². The molecule has 0 spiro atoms. The Morgan fingerprint density at radius 2 is 1.91 bits per heavy atom. The van der Waals surface area contributed by atoms with Crippen LogP contribution in [0.5, 0.6) is 6.01 Å². The number of halogens is 1. The summed E-state index contributed by atoms with van der Waals surface area (Å²) in [6, 6.07) is 8.27. The van der Waals surface area contributed by atoms with E-state index >= 15 is 0 Å². The molecule has 3 saturated heterocycles. The molecule has 10 heteroatoms. The lowest BCUT2D eigenvalue weighted by molar-refractivity contribution is -0.131. The van der Waals surface area contributed by atoms with Gasteiger partial charge in [0, 0.05) is 43.0 Å². The molecule has 3 aromatic rings. The number of pyridine rings is 1. The highest BCUT2D eigenvalue weighted by molar-refractivity contribution is 5.94. The van der Waals surface area contributed by atoms with Gasteiger partial charge in [-0.2, -0.15) is 15.2 Å². The minimum absolute atomic E-state index is 0.0493. The third-order valence-corrected chi connectivity index (χ3v) is 10.1. The summed E-state index contributed by atoms with van der Waals surface area (Å²) in [4.78, 5) is 33.0. The van der Waals surface area contributed by atoms with Crippen LogP contribution in [0, 0.1) is 11.3 Å². The van der Waals surface area contributed by atoms with Crippen molar-refractivity contribution < 1.29 is 13.9 Å². The van der Waals surface area contributed by atoms with Crippen LogP contribution in [0.4, 0.5) is 10.2 Å². The van der Waals surface area contributed by atoms with Gasteiger partial charge in [-0.05, 0) is 93.3 Å². The molecule has 1 aliphatic carbocycles. The van der Waals surface area contributed by atoms with Gasteiger partial charge in [-0.25, -0.2) is 4.39 Å². The molecule has 0 N–H and O–H groups in total. The van der Waals surface area contributed by atoms with Crippen LogP contribution < -0.4 is 9.64 Å². The summed E-state index contributed by atoms with van der Waals surface area (Å²) in [7, 11) is 0. The van der Waals surface area contributed by atoms with E-state index in [9.17, 15) is 14.4 Å². The number of ether oxygens (including phenoxy) is 1. The Morgan fingerprint density at radius 1 is 1.09 bits per heavy atom. The number of hydrogen-bond donors (Lipinski definition) is 0. The molecule has 0 bridgehead atoms. The van der Waals surface area contributed by atoms with Crippen LogP contribution in [-0.2, 0) is 17.6 Å². The highest BCUT2D eigenvalue weighted by atomic mass is 19.1. The van der Waals surface area contributed by atoms with Gasteiger partial charge in [-0.3, -0.25) is 14.7 Å². The minimum Gasteiger partial charge on any atom is -0.461 e. The fourth-order valence-electron chi connectivity index (χ4n) is 7.88. The van der Waals surface area contributed by atoms with Crippen LogP contribution in [-0.4, -0.2) is 81.6 Å². The zero-order chi connectivity index (χ0) is 30.3. The van der Waals surface area contributed by atoms with Crippen molar-refractivity contribution in [3.8, 4) is 23.2 Å². The molecule has 1 atom stereocenters. The van der Waals surface area contributed by atoms with E-state index in [0.29, 0.717) is 31.5 Å². The molecule has 9 nitrogen and oxygen atoms in total. The largest absolute Gasteiger partial charge is 0.461 e. The van der Waals surface area contributed by atoms with Gasteiger partial charge in [0.25, 0.3) is 5.91 Å². The van der Waals surface area contributed by atoms with Gasteiger partial charge in [0.05, 0.1) is 29.6 Å². The summed E-state index contributed by atoms with van der Waals surface area (Å²) in [6.07, 6.45) is 13.1. The molecule has 44 heavy (non-hydrogen) atoms. The molecule has 0 radical (unpaired) electrons. The van der Waals surface area contributed by atoms with Crippen molar-refractivity contribution in [2.75, 3.05) is 44.2 Å². The maximum Gasteiger partial charge on any atom is 0.319 e. The number of carbonyl (C=O) groups is 1. The van der Waals surface area contributed by atoms with Crippen molar-refractivity contribution in [3.63, 3.8) is 0 Å².